The number of ether oxygens (including phenoxy) is 1. The molecule has 0 spiro atoms. The molecule has 1 aromatic heterocycles. The third-order valence-corrected chi connectivity index (χ3v) is 4.54. The second kappa shape index (κ2) is 7.70. The average molecular weight is 333 g/mol. The highest BCUT2D eigenvalue weighted by Crippen LogP contribution is 2.24. The number of hydrogen-bond donors (Lipinski definition) is 1. The molecule has 1 heterocycles. The molecule has 0 saturated heterocycles. The molecule has 23 heavy (non-hydrogen) atoms. The van der Waals surface area contributed by atoms with Gasteiger partial charge in [-0.15, -0.1) is 0 Å². The number of aliphatic hydroxyl groups is 1. The molecular formula is C18H23NO3S. The summed E-state index contributed by atoms with van der Waals surface area (Å²) in [5, 5.41) is 22.1. The van der Waals surface area contributed by atoms with Crippen molar-refractivity contribution in [2.24, 2.45) is 0 Å². The van der Waals surface area contributed by atoms with Crippen LogP contribution in [0.2, 0.25) is 0 Å². The molecule has 1 atom stereocenters. The minimum absolute atomic E-state index is 0.109. The summed E-state index contributed by atoms with van der Waals surface area (Å²) in [4.78, 5) is 0. The summed E-state index contributed by atoms with van der Waals surface area (Å²) in [6, 6.07) is 13.1. The predicted octanol–water partition coefficient (Wildman–Crippen LogP) is 3.15. The topological polar surface area (TPSA) is 56.4 Å². The Hall–Kier alpha value is -1.72. The van der Waals surface area contributed by atoms with Crippen LogP contribution in [0.3, 0.4) is 0 Å². The van der Waals surface area contributed by atoms with E-state index in [0.29, 0.717) is 10.8 Å². The Morgan fingerprint density at radius 2 is 1.87 bits per heavy atom. The summed E-state index contributed by atoms with van der Waals surface area (Å²) in [5.74, 6) is 1.15. The maximum Gasteiger partial charge on any atom is 0.251 e. The van der Waals surface area contributed by atoms with E-state index in [0.717, 1.165) is 10.5 Å². The summed E-state index contributed by atoms with van der Waals surface area (Å²) in [6.07, 6.45) is 0.810. The summed E-state index contributed by atoms with van der Waals surface area (Å²) in [7, 11) is 0. The summed E-state index contributed by atoms with van der Waals surface area (Å²) in [5.41, 5.74) is 1.35. The third-order valence-electron chi connectivity index (χ3n) is 3.37. The van der Waals surface area contributed by atoms with Crippen molar-refractivity contribution in [3.05, 3.63) is 59.4 Å². The Morgan fingerprint density at radius 3 is 2.48 bits per heavy atom. The van der Waals surface area contributed by atoms with E-state index in [1.54, 1.807) is 18.2 Å². The van der Waals surface area contributed by atoms with Crippen molar-refractivity contribution in [3.8, 4) is 5.75 Å². The molecule has 0 aliphatic rings. The number of aliphatic hydroxyl groups excluding tert-OH is 1. The lowest BCUT2D eigenvalue weighted by Gasteiger charge is -2.19. The van der Waals surface area contributed by atoms with Crippen LogP contribution in [-0.4, -0.2) is 23.6 Å². The van der Waals surface area contributed by atoms with Crippen LogP contribution in [0.4, 0.5) is 0 Å². The van der Waals surface area contributed by atoms with Crippen LogP contribution in [0.1, 0.15) is 26.3 Å². The maximum absolute atomic E-state index is 11.5. The van der Waals surface area contributed by atoms with Gasteiger partial charge >= 0.3 is 0 Å². The Labute approximate surface area is 141 Å². The van der Waals surface area contributed by atoms with Crippen molar-refractivity contribution in [1.82, 2.24) is 0 Å². The molecule has 2 aromatic rings. The van der Waals surface area contributed by atoms with Gasteiger partial charge in [0.15, 0.2) is 6.20 Å². The van der Waals surface area contributed by atoms with Gasteiger partial charge in [-0.05, 0) is 29.2 Å². The lowest BCUT2D eigenvalue weighted by Crippen LogP contribution is -2.29. The zero-order valence-corrected chi connectivity index (χ0v) is 14.5. The smallest absolute Gasteiger partial charge is 0.251 e. The molecule has 0 aliphatic heterocycles. The average Bonchev–Trinajstić information content (AvgIpc) is 2.51. The Morgan fingerprint density at radius 1 is 1.17 bits per heavy atom. The SMILES string of the molecule is CC(C)(C)c1ccc(OCC(O)CSc2cccc[n+]2[O-])cc1. The predicted molar refractivity (Wildman–Crippen MR) is 92.8 cm³/mol. The molecular weight excluding hydrogens is 310 g/mol. The van der Waals surface area contributed by atoms with Crippen LogP contribution in [0.25, 0.3) is 0 Å². The number of pyridine rings is 1. The number of hydrogen-bond acceptors (Lipinski definition) is 4. The molecule has 4 nitrogen and oxygen atoms in total. The minimum Gasteiger partial charge on any atom is -0.618 e. The highest BCUT2D eigenvalue weighted by atomic mass is 32.2. The van der Waals surface area contributed by atoms with Gasteiger partial charge in [0, 0.05) is 17.9 Å². The number of aromatic nitrogens is 1. The van der Waals surface area contributed by atoms with Gasteiger partial charge in [-0.2, -0.15) is 4.73 Å². The first-order chi connectivity index (χ1) is 10.9. The largest absolute Gasteiger partial charge is 0.618 e. The number of benzene rings is 1. The van der Waals surface area contributed by atoms with E-state index in [-0.39, 0.29) is 12.0 Å². The zero-order valence-electron chi connectivity index (χ0n) is 13.7. The molecule has 1 N–H and O–H groups in total. The zero-order chi connectivity index (χ0) is 16.9. The van der Waals surface area contributed by atoms with E-state index >= 15 is 0 Å². The second-order valence-electron chi connectivity index (χ2n) is 6.41. The molecule has 2 rings (SSSR count). The molecule has 0 aliphatic carbocycles. The second-order valence-corrected chi connectivity index (χ2v) is 7.46. The van der Waals surface area contributed by atoms with Crippen LogP contribution < -0.4 is 9.47 Å². The van der Waals surface area contributed by atoms with Gasteiger partial charge in [0.2, 0.25) is 0 Å². The standard InChI is InChI=1S/C18H23NO3S/c1-18(2,3)14-7-9-16(10-8-14)22-12-15(20)13-23-17-6-4-5-11-19(17)21/h4-11,15,20H,12-13H2,1-3H3. The van der Waals surface area contributed by atoms with Crippen LogP contribution in [0.15, 0.2) is 53.7 Å². The Bertz CT molecular complexity index is 623. The summed E-state index contributed by atoms with van der Waals surface area (Å²) < 4.78 is 6.40. The van der Waals surface area contributed by atoms with Crippen molar-refractivity contribution >= 4 is 11.8 Å². The van der Waals surface area contributed by atoms with E-state index in [2.05, 4.69) is 20.8 Å². The van der Waals surface area contributed by atoms with Gasteiger partial charge in [0.05, 0.1) is 6.10 Å². The third kappa shape index (κ3) is 5.44. The van der Waals surface area contributed by atoms with Gasteiger partial charge in [-0.1, -0.05) is 44.7 Å². The molecule has 0 fully saturated rings. The highest BCUT2D eigenvalue weighted by Gasteiger charge is 2.14. The maximum atomic E-state index is 11.5. The number of rotatable bonds is 6. The molecule has 1 unspecified atom stereocenters. The van der Waals surface area contributed by atoms with Crippen LogP contribution >= 0.6 is 11.8 Å². The summed E-state index contributed by atoms with van der Waals surface area (Å²) >= 11 is 1.32. The molecule has 0 bridgehead atoms. The van der Waals surface area contributed by atoms with E-state index in [1.165, 1.54) is 23.5 Å². The van der Waals surface area contributed by atoms with Crippen molar-refractivity contribution in [2.75, 3.05) is 12.4 Å². The lowest BCUT2D eigenvalue weighted by atomic mass is 9.87. The van der Waals surface area contributed by atoms with E-state index < -0.39 is 6.10 Å². The van der Waals surface area contributed by atoms with Crippen LogP contribution in [0, 0.1) is 5.21 Å². The first-order valence-electron chi connectivity index (χ1n) is 7.58. The van der Waals surface area contributed by atoms with Gasteiger partial charge in [-0.25, -0.2) is 0 Å². The summed E-state index contributed by atoms with van der Waals surface area (Å²) in [6.45, 7) is 6.69. The Kier molecular flexibility index (Phi) is 5.91. The van der Waals surface area contributed by atoms with Crippen LogP contribution in [0.5, 0.6) is 5.75 Å². The fourth-order valence-electron chi connectivity index (χ4n) is 2.00. The first-order valence-corrected chi connectivity index (χ1v) is 8.57. The lowest BCUT2D eigenvalue weighted by molar-refractivity contribution is -0.645. The van der Waals surface area contributed by atoms with E-state index in [9.17, 15) is 10.3 Å². The monoisotopic (exact) mass is 333 g/mol. The fourth-order valence-corrected chi connectivity index (χ4v) is 2.82. The molecule has 0 saturated carbocycles. The minimum atomic E-state index is -0.637. The number of thioether (sulfide) groups is 1. The normalized spacial score (nSPS) is 12.9. The van der Waals surface area contributed by atoms with Gasteiger partial charge in [-0.3, -0.25) is 0 Å². The molecule has 0 radical (unpaired) electrons. The van der Waals surface area contributed by atoms with E-state index in [4.69, 9.17) is 4.74 Å². The van der Waals surface area contributed by atoms with Gasteiger partial charge in [0.1, 0.15) is 12.4 Å². The van der Waals surface area contributed by atoms with Crippen molar-refractivity contribution in [3.63, 3.8) is 0 Å². The van der Waals surface area contributed by atoms with Crippen LogP contribution in [-0.2, 0) is 5.41 Å². The molecule has 5 heteroatoms. The molecule has 124 valence electrons. The van der Waals surface area contributed by atoms with E-state index in [1.807, 2.05) is 24.3 Å². The van der Waals surface area contributed by atoms with Crippen molar-refractivity contribution in [2.45, 2.75) is 37.3 Å². The van der Waals surface area contributed by atoms with Crippen molar-refractivity contribution < 1.29 is 14.6 Å². The molecule has 1 aromatic carbocycles. The Balaban J connectivity index is 1.80. The number of nitrogens with zero attached hydrogens (tertiary/aromatic N) is 1. The quantitative estimate of drug-likeness (QED) is 0.501. The highest BCUT2D eigenvalue weighted by molar-refractivity contribution is 7.99. The van der Waals surface area contributed by atoms with Gasteiger partial charge < -0.3 is 15.1 Å². The first kappa shape index (κ1) is 17.6. The van der Waals surface area contributed by atoms with Gasteiger partial charge in [0.25, 0.3) is 5.03 Å². The van der Waals surface area contributed by atoms with Crippen molar-refractivity contribution in [1.29, 1.82) is 0 Å². The fraction of sp³-hybridized carbons (Fsp3) is 0.389. The molecule has 0 amide bonds.